The zero-order valence-electron chi connectivity index (χ0n) is 20.1. The Morgan fingerprint density at radius 2 is 1.91 bits per heavy atom. The first-order valence-electron chi connectivity index (χ1n) is 10.6. The van der Waals surface area contributed by atoms with Gasteiger partial charge in [-0.05, 0) is 62.6 Å². The second kappa shape index (κ2) is 9.73. The number of ether oxygens (including phenoxy) is 1. The Hall–Kier alpha value is -2.73. The van der Waals surface area contributed by atoms with Crippen LogP contribution < -0.4 is 15.2 Å². The lowest BCUT2D eigenvalue weighted by atomic mass is 9.88. The normalized spacial score (nSPS) is 14.1. The van der Waals surface area contributed by atoms with E-state index >= 15 is 0 Å². The number of sulfonamides is 1. The number of nitrogens with zero attached hydrogens (tertiary/aromatic N) is 1. The summed E-state index contributed by atoms with van der Waals surface area (Å²) in [7, 11) is -3.16. The van der Waals surface area contributed by atoms with E-state index in [0.29, 0.717) is 5.56 Å². The van der Waals surface area contributed by atoms with E-state index < -0.39 is 39.2 Å². The summed E-state index contributed by atoms with van der Waals surface area (Å²) in [5, 5.41) is 16.6. The Balaban J connectivity index is 2.19. The summed E-state index contributed by atoms with van der Waals surface area (Å²) < 4.78 is 55.0. The van der Waals surface area contributed by atoms with Crippen molar-refractivity contribution < 1.29 is 27.1 Å². The Bertz CT molecular complexity index is 1410. The SMILES string of the molecule is COc1c(S(=O)(=O)NC(c2n[nH]c(=O)o2)C(C)c2c(F)ccc(C)c2C)ccc(Cl)c1C(C)(C)O. The van der Waals surface area contributed by atoms with Gasteiger partial charge >= 0.3 is 5.76 Å². The predicted octanol–water partition coefficient (Wildman–Crippen LogP) is 3.83. The molecular formula is C23H27ClFN3O6S. The fraction of sp³-hybridized carbons (Fsp3) is 0.391. The smallest absolute Gasteiger partial charge is 0.434 e. The Labute approximate surface area is 207 Å². The number of nitrogens with one attached hydrogen (secondary N) is 2. The summed E-state index contributed by atoms with van der Waals surface area (Å²) in [6, 6.07) is 4.17. The van der Waals surface area contributed by atoms with Crippen molar-refractivity contribution in [2.45, 2.75) is 57.1 Å². The van der Waals surface area contributed by atoms with Gasteiger partial charge in [0.25, 0.3) is 0 Å². The maximum atomic E-state index is 14.9. The van der Waals surface area contributed by atoms with E-state index in [-0.39, 0.29) is 32.7 Å². The zero-order valence-corrected chi connectivity index (χ0v) is 21.6. The third-order valence-corrected chi connectivity index (χ3v) is 7.65. The zero-order chi connectivity index (χ0) is 26.3. The van der Waals surface area contributed by atoms with E-state index in [9.17, 15) is 22.7 Å². The van der Waals surface area contributed by atoms with Gasteiger partial charge in [-0.15, -0.1) is 5.10 Å². The summed E-state index contributed by atoms with van der Waals surface area (Å²) in [4.78, 5) is 11.4. The van der Waals surface area contributed by atoms with Gasteiger partial charge in [0.05, 0.1) is 17.7 Å². The lowest BCUT2D eigenvalue weighted by molar-refractivity contribution is 0.0753. The molecule has 2 atom stereocenters. The fourth-order valence-corrected chi connectivity index (χ4v) is 5.85. The van der Waals surface area contributed by atoms with Gasteiger partial charge in [-0.2, -0.15) is 4.72 Å². The molecule has 0 spiro atoms. The molecule has 1 heterocycles. The topological polar surface area (TPSA) is 135 Å². The van der Waals surface area contributed by atoms with Crippen LogP contribution in [0.3, 0.4) is 0 Å². The number of H-pyrrole nitrogens is 1. The molecule has 0 saturated heterocycles. The number of hydrogen-bond donors (Lipinski definition) is 3. The lowest BCUT2D eigenvalue weighted by Crippen LogP contribution is -2.33. The maximum absolute atomic E-state index is 14.9. The van der Waals surface area contributed by atoms with Crippen LogP contribution in [0.15, 0.2) is 38.4 Å². The van der Waals surface area contributed by atoms with Crippen LogP contribution in [-0.2, 0) is 15.6 Å². The first-order chi connectivity index (χ1) is 16.2. The number of rotatable bonds is 8. The van der Waals surface area contributed by atoms with E-state index in [4.69, 9.17) is 20.8 Å². The monoisotopic (exact) mass is 527 g/mol. The number of aromatic amines is 1. The number of hydrogen-bond acceptors (Lipinski definition) is 7. The van der Waals surface area contributed by atoms with Crippen molar-refractivity contribution in [3.63, 3.8) is 0 Å². The van der Waals surface area contributed by atoms with Crippen LogP contribution in [0, 0.1) is 19.7 Å². The molecule has 0 amide bonds. The average Bonchev–Trinajstić information content (AvgIpc) is 3.19. The van der Waals surface area contributed by atoms with Crippen LogP contribution in [0.5, 0.6) is 5.75 Å². The number of aryl methyl sites for hydroxylation is 1. The minimum atomic E-state index is -4.41. The second-order valence-electron chi connectivity index (χ2n) is 8.75. The van der Waals surface area contributed by atoms with E-state index in [1.165, 1.54) is 39.2 Å². The molecule has 0 saturated carbocycles. The van der Waals surface area contributed by atoms with E-state index in [2.05, 4.69) is 14.9 Å². The second-order valence-corrected chi connectivity index (χ2v) is 10.8. The van der Waals surface area contributed by atoms with E-state index in [1.54, 1.807) is 26.8 Å². The molecule has 2 aromatic carbocycles. The Morgan fingerprint density at radius 1 is 1.26 bits per heavy atom. The van der Waals surface area contributed by atoms with Crippen LogP contribution >= 0.6 is 11.6 Å². The number of aromatic nitrogens is 2. The molecule has 12 heteroatoms. The fourth-order valence-electron chi connectivity index (χ4n) is 4.03. The van der Waals surface area contributed by atoms with Crippen LogP contribution in [0.4, 0.5) is 4.39 Å². The van der Waals surface area contributed by atoms with Crippen molar-refractivity contribution in [1.29, 1.82) is 0 Å². The first kappa shape index (κ1) is 26.9. The van der Waals surface area contributed by atoms with Crippen molar-refractivity contribution in [2.75, 3.05) is 7.11 Å². The highest BCUT2D eigenvalue weighted by atomic mass is 35.5. The largest absolute Gasteiger partial charge is 0.495 e. The molecule has 2 unspecified atom stereocenters. The lowest BCUT2D eigenvalue weighted by Gasteiger charge is -2.27. The summed E-state index contributed by atoms with van der Waals surface area (Å²) in [6.07, 6.45) is 0. The van der Waals surface area contributed by atoms with Crippen molar-refractivity contribution in [3.05, 3.63) is 73.8 Å². The van der Waals surface area contributed by atoms with Gasteiger partial charge in [0.1, 0.15) is 22.5 Å². The standard InChI is InChI=1S/C23H27ClFN3O6S/c1-11-7-9-15(25)17(12(11)2)13(3)19(21-26-27-22(29)34-21)28-35(31,32)16-10-8-14(24)18(20(16)33-6)23(4,5)30/h7-10,13,19,28,30H,1-6H3,(H,27,29). The Morgan fingerprint density at radius 3 is 2.46 bits per heavy atom. The van der Waals surface area contributed by atoms with Crippen molar-refractivity contribution in [2.24, 2.45) is 0 Å². The summed E-state index contributed by atoms with van der Waals surface area (Å²) >= 11 is 6.24. The quantitative estimate of drug-likeness (QED) is 0.405. The molecule has 3 aromatic rings. The van der Waals surface area contributed by atoms with Gasteiger partial charge < -0.3 is 14.3 Å². The van der Waals surface area contributed by atoms with Gasteiger partial charge in [0.15, 0.2) is 0 Å². The maximum Gasteiger partial charge on any atom is 0.434 e. The number of aliphatic hydroxyl groups is 1. The number of methoxy groups -OCH3 is 1. The average molecular weight is 528 g/mol. The van der Waals surface area contributed by atoms with Crippen molar-refractivity contribution >= 4 is 21.6 Å². The molecule has 35 heavy (non-hydrogen) atoms. The van der Waals surface area contributed by atoms with Gasteiger partial charge in [0.2, 0.25) is 15.9 Å². The molecule has 0 aliphatic heterocycles. The summed E-state index contributed by atoms with van der Waals surface area (Å²) in [5.41, 5.74) is 0.197. The molecule has 3 N–H and O–H groups in total. The van der Waals surface area contributed by atoms with Crippen molar-refractivity contribution in [3.8, 4) is 5.75 Å². The van der Waals surface area contributed by atoms with Crippen molar-refractivity contribution in [1.82, 2.24) is 14.9 Å². The van der Waals surface area contributed by atoms with Gasteiger partial charge in [-0.3, -0.25) is 0 Å². The molecule has 0 radical (unpaired) electrons. The molecule has 0 fully saturated rings. The van der Waals surface area contributed by atoms with E-state index in [1.807, 2.05) is 0 Å². The number of halogens is 2. The van der Waals surface area contributed by atoms with Gasteiger partial charge in [0, 0.05) is 11.5 Å². The molecule has 1 aromatic heterocycles. The highest BCUT2D eigenvalue weighted by Crippen LogP contribution is 2.41. The van der Waals surface area contributed by atoms with E-state index in [0.717, 1.165) is 5.56 Å². The third kappa shape index (κ3) is 5.27. The predicted molar refractivity (Wildman–Crippen MR) is 128 cm³/mol. The minimum Gasteiger partial charge on any atom is -0.495 e. The molecule has 3 rings (SSSR count). The molecule has 0 aliphatic rings. The van der Waals surface area contributed by atoms with Gasteiger partial charge in [-0.25, -0.2) is 22.7 Å². The molecule has 9 nitrogen and oxygen atoms in total. The number of benzene rings is 2. The third-order valence-electron chi connectivity index (χ3n) is 5.87. The van der Waals surface area contributed by atoms with Crippen LogP contribution in [-0.4, -0.2) is 30.8 Å². The van der Waals surface area contributed by atoms with Gasteiger partial charge in [-0.1, -0.05) is 24.6 Å². The molecular weight excluding hydrogens is 501 g/mol. The highest BCUT2D eigenvalue weighted by molar-refractivity contribution is 7.89. The van der Waals surface area contributed by atoms with Crippen LogP contribution in [0.2, 0.25) is 5.02 Å². The van der Waals surface area contributed by atoms with Crippen LogP contribution in [0.25, 0.3) is 0 Å². The van der Waals surface area contributed by atoms with Crippen LogP contribution in [0.1, 0.15) is 60.9 Å². The highest BCUT2D eigenvalue weighted by Gasteiger charge is 2.36. The first-order valence-corrected chi connectivity index (χ1v) is 12.5. The minimum absolute atomic E-state index is 0.0704. The molecule has 0 aliphatic carbocycles. The summed E-state index contributed by atoms with van der Waals surface area (Å²) in [5.74, 6) is -2.72. The molecule has 190 valence electrons. The molecule has 0 bridgehead atoms. The Kier molecular flexibility index (Phi) is 7.47. The summed E-state index contributed by atoms with van der Waals surface area (Å²) in [6.45, 7) is 7.98.